The molecular weight excluding hydrogens is 272 g/mol. The molecule has 0 amide bonds. The molecule has 120 valence electrons. The van der Waals surface area contributed by atoms with Gasteiger partial charge in [0.2, 0.25) is 0 Å². The average molecular weight is 298 g/mol. The third-order valence-corrected chi connectivity index (χ3v) is 3.22. The summed E-state index contributed by atoms with van der Waals surface area (Å²) in [6, 6.07) is 3.68. The van der Waals surface area contributed by atoms with Crippen LogP contribution in [0, 0.1) is 0 Å². The zero-order valence-corrected chi connectivity index (χ0v) is 13.3. The van der Waals surface area contributed by atoms with Crippen LogP contribution in [0.25, 0.3) is 0 Å². The summed E-state index contributed by atoms with van der Waals surface area (Å²) >= 11 is 0. The fourth-order valence-corrected chi connectivity index (χ4v) is 2.11. The van der Waals surface area contributed by atoms with E-state index in [0.717, 1.165) is 25.2 Å². The van der Waals surface area contributed by atoms with Gasteiger partial charge >= 0.3 is 0 Å². The van der Waals surface area contributed by atoms with Gasteiger partial charge in [-0.25, -0.2) is 0 Å². The van der Waals surface area contributed by atoms with Gasteiger partial charge in [-0.2, -0.15) is 0 Å². The summed E-state index contributed by atoms with van der Waals surface area (Å²) in [6.45, 7) is 2.91. The fourth-order valence-electron chi connectivity index (χ4n) is 2.11. The summed E-state index contributed by atoms with van der Waals surface area (Å²) in [5.41, 5.74) is 7.72. The number of nitrogen functional groups attached to an aromatic ring is 1. The van der Waals surface area contributed by atoms with Gasteiger partial charge in [-0.1, -0.05) is 0 Å². The van der Waals surface area contributed by atoms with E-state index in [1.165, 1.54) is 0 Å². The van der Waals surface area contributed by atoms with Gasteiger partial charge < -0.3 is 29.6 Å². The first-order valence-electron chi connectivity index (χ1n) is 6.92. The van der Waals surface area contributed by atoms with Crippen LogP contribution in [0.4, 0.5) is 11.4 Å². The first kappa shape index (κ1) is 17.4. The third kappa shape index (κ3) is 4.99. The average Bonchev–Trinajstić information content (AvgIpc) is 2.50. The zero-order chi connectivity index (χ0) is 15.7. The van der Waals surface area contributed by atoms with Gasteiger partial charge in [0.1, 0.15) is 0 Å². The molecule has 0 bridgehead atoms. The Kier molecular flexibility index (Phi) is 7.71. The van der Waals surface area contributed by atoms with Gasteiger partial charge in [-0.15, -0.1) is 0 Å². The highest BCUT2D eigenvalue weighted by molar-refractivity contribution is 5.73. The molecule has 1 aromatic carbocycles. The standard InChI is InChI=1S/C15H26N2O4/c1-18-8-5-6-17(7-9-19-2)13-11-15(21-4)14(20-3)10-12(13)16/h10-11H,5-9,16H2,1-4H3. The highest BCUT2D eigenvalue weighted by Crippen LogP contribution is 2.36. The Labute approximate surface area is 126 Å². The normalized spacial score (nSPS) is 10.5. The van der Waals surface area contributed by atoms with Crippen LogP contribution in [0.2, 0.25) is 0 Å². The molecule has 0 aliphatic carbocycles. The monoisotopic (exact) mass is 298 g/mol. The molecule has 0 aromatic heterocycles. The van der Waals surface area contributed by atoms with Crippen molar-refractivity contribution in [3.05, 3.63) is 12.1 Å². The van der Waals surface area contributed by atoms with Crippen molar-refractivity contribution < 1.29 is 18.9 Å². The third-order valence-electron chi connectivity index (χ3n) is 3.22. The second-order valence-corrected chi connectivity index (χ2v) is 4.59. The molecule has 0 aliphatic heterocycles. The molecule has 0 saturated heterocycles. The number of ether oxygens (including phenoxy) is 4. The number of anilines is 2. The molecule has 0 saturated carbocycles. The number of nitrogens with zero attached hydrogens (tertiary/aromatic N) is 1. The van der Waals surface area contributed by atoms with Gasteiger partial charge in [-0.05, 0) is 6.42 Å². The summed E-state index contributed by atoms with van der Waals surface area (Å²) in [6.07, 6.45) is 0.911. The van der Waals surface area contributed by atoms with Crippen LogP contribution in [-0.4, -0.2) is 54.7 Å². The molecule has 0 fully saturated rings. The van der Waals surface area contributed by atoms with E-state index < -0.39 is 0 Å². The molecule has 0 spiro atoms. The number of benzene rings is 1. The highest BCUT2D eigenvalue weighted by Gasteiger charge is 2.14. The van der Waals surface area contributed by atoms with Crippen molar-refractivity contribution in [2.75, 3.05) is 65.4 Å². The summed E-state index contributed by atoms with van der Waals surface area (Å²) in [5, 5.41) is 0. The van der Waals surface area contributed by atoms with Crippen LogP contribution in [0.15, 0.2) is 12.1 Å². The number of rotatable bonds is 10. The Morgan fingerprint density at radius 1 is 0.905 bits per heavy atom. The molecule has 6 nitrogen and oxygen atoms in total. The molecule has 6 heteroatoms. The summed E-state index contributed by atoms with van der Waals surface area (Å²) < 4.78 is 20.9. The van der Waals surface area contributed by atoms with Crippen molar-refractivity contribution in [3.8, 4) is 11.5 Å². The van der Waals surface area contributed by atoms with Gasteiger partial charge in [0, 0.05) is 46.0 Å². The molecular formula is C15H26N2O4. The van der Waals surface area contributed by atoms with Gasteiger partial charge in [0.25, 0.3) is 0 Å². The Morgan fingerprint density at radius 2 is 1.52 bits per heavy atom. The maximum atomic E-state index is 6.15. The van der Waals surface area contributed by atoms with Gasteiger partial charge in [-0.3, -0.25) is 0 Å². The lowest BCUT2D eigenvalue weighted by molar-refractivity contribution is 0.191. The highest BCUT2D eigenvalue weighted by atomic mass is 16.5. The number of methoxy groups -OCH3 is 4. The maximum Gasteiger partial charge on any atom is 0.162 e. The largest absolute Gasteiger partial charge is 0.493 e. The van der Waals surface area contributed by atoms with E-state index in [9.17, 15) is 0 Å². The SMILES string of the molecule is COCCCN(CCOC)c1cc(OC)c(OC)cc1N. The lowest BCUT2D eigenvalue weighted by Gasteiger charge is -2.26. The van der Waals surface area contributed by atoms with Crippen molar-refractivity contribution >= 4 is 11.4 Å². The predicted molar refractivity (Wildman–Crippen MR) is 84.5 cm³/mol. The molecule has 0 unspecified atom stereocenters. The van der Waals surface area contributed by atoms with Crippen LogP contribution in [-0.2, 0) is 9.47 Å². The molecule has 0 heterocycles. The number of nitrogens with two attached hydrogens (primary N) is 1. The summed E-state index contributed by atoms with van der Waals surface area (Å²) in [4.78, 5) is 2.17. The molecule has 0 aliphatic rings. The minimum Gasteiger partial charge on any atom is -0.493 e. The van der Waals surface area contributed by atoms with Crippen molar-refractivity contribution in [2.24, 2.45) is 0 Å². The lowest BCUT2D eigenvalue weighted by Crippen LogP contribution is -2.29. The maximum absolute atomic E-state index is 6.15. The van der Waals surface area contributed by atoms with E-state index >= 15 is 0 Å². The van der Waals surface area contributed by atoms with Crippen LogP contribution < -0.4 is 20.1 Å². The predicted octanol–water partition coefficient (Wildman–Crippen LogP) is 1.78. The van der Waals surface area contributed by atoms with E-state index in [4.69, 9.17) is 24.7 Å². The first-order chi connectivity index (χ1) is 10.2. The quantitative estimate of drug-likeness (QED) is 0.524. The topological polar surface area (TPSA) is 66.2 Å². The van der Waals surface area contributed by atoms with E-state index in [1.807, 2.05) is 6.07 Å². The van der Waals surface area contributed by atoms with Crippen molar-refractivity contribution in [2.45, 2.75) is 6.42 Å². The van der Waals surface area contributed by atoms with Crippen LogP contribution >= 0.6 is 0 Å². The summed E-state index contributed by atoms with van der Waals surface area (Å²) in [5.74, 6) is 1.29. The Hall–Kier alpha value is -1.66. The Morgan fingerprint density at radius 3 is 2.10 bits per heavy atom. The molecule has 1 rings (SSSR count). The summed E-state index contributed by atoms with van der Waals surface area (Å²) in [7, 11) is 6.59. The van der Waals surface area contributed by atoms with E-state index in [-0.39, 0.29) is 0 Å². The van der Waals surface area contributed by atoms with Crippen molar-refractivity contribution in [1.82, 2.24) is 0 Å². The van der Waals surface area contributed by atoms with Crippen LogP contribution in [0.3, 0.4) is 0 Å². The molecule has 0 radical (unpaired) electrons. The van der Waals surface area contributed by atoms with Gasteiger partial charge in [0.15, 0.2) is 11.5 Å². The van der Waals surface area contributed by atoms with Crippen LogP contribution in [0.1, 0.15) is 6.42 Å². The minimum absolute atomic E-state index is 0.626. The molecule has 0 atom stereocenters. The lowest BCUT2D eigenvalue weighted by atomic mass is 10.2. The van der Waals surface area contributed by atoms with E-state index in [1.54, 1.807) is 34.5 Å². The smallest absolute Gasteiger partial charge is 0.162 e. The van der Waals surface area contributed by atoms with Crippen molar-refractivity contribution in [1.29, 1.82) is 0 Å². The first-order valence-corrected chi connectivity index (χ1v) is 6.92. The minimum atomic E-state index is 0.626. The van der Waals surface area contributed by atoms with Gasteiger partial charge in [0.05, 0.1) is 32.2 Å². The van der Waals surface area contributed by atoms with E-state index in [2.05, 4.69) is 4.90 Å². The van der Waals surface area contributed by atoms with E-state index in [0.29, 0.717) is 30.4 Å². The number of hydrogen-bond donors (Lipinski definition) is 1. The Balaban J connectivity index is 2.98. The second-order valence-electron chi connectivity index (χ2n) is 4.59. The molecule has 21 heavy (non-hydrogen) atoms. The second kappa shape index (κ2) is 9.31. The fraction of sp³-hybridized carbons (Fsp3) is 0.600. The number of hydrogen-bond acceptors (Lipinski definition) is 6. The molecule has 1 aromatic rings. The Bertz CT molecular complexity index is 426. The zero-order valence-electron chi connectivity index (χ0n) is 13.3. The van der Waals surface area contributed by atoms with Crippen molar-refractivity contribution in [3.63, 3.8) is 0 Å². The van der Waals surface area contributed by atoms with Crippen LogP contribution in [0.5, 0.6) is 11.5 Å². The molecule has 2 N–H and O–H groups in total.